The second kappa shape index (κ2) is 6.51. The largest absolute Gasteiger partial charge is 0.458 e. The summed E-state index contributed by atoms with van der Waals surface area (Å²) in [6.45, 7) is 3.80. The second-order valence-corrected chi connectivity index (χ2v) is 6.89. The summed E-state index contributed by atoms with van der Waals surface area (Å²) in [5.74, 6) is 1.42. The van der Waals surface area contributed by atoms with Crippen molar-refractivity contribution in [3.63, 3.8) is 0 Å². The first-order valence-corrected chi connectivity index (χ1v) is 9.44. The minimum Gasteiger partial charge on any atom is -0.299 e. The topological polar surface area (TPSA) is 55.5 Å². The van der Waals surface area contributed by atoms with Crippen molar-refractivity contribution in [1.82, 2.24) is 19.1 Å². The van der Waals surface area contributed by atoms with Gasteiger partial charge < -0.3 is 0 Å². The van der Waals surface area contributed by atoms with Gasteiger partial charge in [-0.05, 0) is 12.5 Å². The van der Waals surface area contributed by atoms with E-state index in [1.54, 1.807) is 11.2 Å². The van der Waals surface area contributed by atoms with Gasteiger partial charge in [-0.15, -0.1) is 0 Å². The molecule has 6 nitrogen and oxygen atoms in total. The van der Waals surface area contributed by atoms with Crippen LogP contribution in [0, 0.1) is 0 Å². The Balaban J connectivity index is 1.59. The predicted octanol–water partition coefficient (Wildman–Crippen LogP) is 2.14. The number of guanidine groups is 1. The number of nitrogens with zero attached hydrogens (tertiary/aromatic N) is 5. The normalized spacial score (nSPS) is 15.2. The average molecular weight is 370 g/mol. The molecule has 0 N–H and O–H groups in total. The maximum atomic E-state index is 13.0. The highest BCUT2D eigenvalue weighted by Crippen LogP contribution is 2.29. The van der Waals surface area contributed by atoms with Gasteiger partial charge in [-0.25, -0.2) is 14.4 Å². The zero-order valence-corrected chi connectivity index (χ0v) is 15.6. The zero-order valence-electron chi connectivity index (χ0n) is 15.6. The molecule has 0 spiro atoms. The number of benzene rings is 2. The Hall–Kier alpha value is -3.63. The van der Waals surface area contributed by atoms with Gasteiger partial charge in [0, 0.05) is 5.56 Å². The summed E-state index contributed by atoms with van der Waals surface area (Å²) in [6, 6.07) is 20.3. The quantitative estimate of drug-likeness (QED) is 0.661. The van der Waals surface area contributed by atoms with E-state index in [4.69, 9.17) is 4.67 Å². The first-order chi connectivity index (χ1) is 13.8. The van der Waals surface area contributed by atoms with Gasteiger partial charge in [-0.2, -0.15) is 9.80 Å². The van der Waals surface area contributed by atoms with Crippen LogP contribution in [0.2, 0.25) is 0 Å². The molecule has 2 aliphatic rings. The number of rotatable bonds is 4. The lowest BCUT2D eigenvalue weighted by Gasteiger charge is -2.24. The standard InChI is InChI=1S/C22H20N5O/c1-2-26-21(28)19-20(25(15-23-19)13-16-9-5-3-6-10-16)27-14-18(24-22(26)27)17-11-7-4-8-12-17/h3-12,15H,2,13-14H2,1H3/q+1. The molecule has 1 aromatic heterocycles. The van der Waals surface area contributed by atoms with Crippen LogP contribution in [-0.2, 0) is 6.54 Å². The van der Waals surface area contributed by atoms with Crippen molar-refractivity contribution in [2.45, 2.75) is 13.5 Å². The Morgan fingerprint density at radius 2 is 1.75 bits per heavy atom. The lowest BCUT2D eigenvalue weighted by atomic mass is 10.1. The van der Waals surface area contributed by atoms with E-state index >= 15 is 0 Å². The highest BCUT2D eigenvalue weighted by atomic mass is 16.2. The summed E-state index contributed by atoms with van der Waals surface area (Å²) in [6.07, 6.45) is 1.76. The summed E-state index contributed by atoms with van der Waals surface area (Å²) >= 11 is 0. The van der Waals surface area contributed by atoms with Crippen molar-refractivity contribution in [3.8, 4) is 0 Å². The van der Waals surface area contributed by atoms with Crippen LogP contribution in [0.25, 0.3) is 0 Å². The minimum atomic E-state index is -0.0892. The molecule has 2 aromatic carbocycles. The van der Waals surface area contributed by atoms with E-state index < -0.39 is 0 Å². The summed E-state index contributed by atoms with van der Waals surface area (Å²) in [5.41, 5.74) is 3.69. The average Bonchev–Trinajstić information content (AvgIpc) is 3.35. The SMILES string of the molecule is CCN1C(=O)c2ncn(Cc3ccccc3)c2N2CC(c3ccccc3)=[N+]=C12. The van der Waals surface area contributed by atoms with E-state index in [1.807, 2.05) is 47.9 Å². The van der Waals surface area contributed by atoms with Gasteiger partial charge in [-0.3, -0.25) is 4.57 Å². The van der Waals surface area contributed by atoms with E-state index in [9.17, 15) is 4.79 Å². The fourth-order valence-corrected chi connectivity index (χ4v) is 3.81. The number of aromatic nitrogens is 2. The predicted molar refractivity (Wildman–Crippen MR) is 110 cm³/mol. The highest BCUT2D eigenvalue weighted by molar-refractivity contribution is 6.23. The molecule has 0 saturated carbocycles. The minimum absolute atomic E-state index is 0.0892. The van der Waals surface area contributed by atoms with E-state index in [2.05, 4.69) is 34.1 Å². The van der Waals surface area contributed by atoms with Crippen LogP contribution >= 0.6 is 0 Å². The van der Waals surface area contributed by atoms with E-state index in [-0.39, 0.29) is 5.91 Å². The van der Waals surface area contributed by atoms with Crippen molar-refractivity contribution in [1.29, 1.82) is 0 Å². The lowest BCUT2D eigenvalue weighted by molar-refractivity contribution is 0.0840. The van der Waals surface area contributed by atoms with E-state index in [0.29, 0.717) is 31.3 Å². The molecular formula is C22H20N5O+. The van der Waals surface area contributed by atoms with Crippen molar-refractivity contribution in [3.05, 3.63) is 83.8 Å². The maximum absolute atomic E-state index is 13.0. The van der Waals surface area contributed by atoms with Gasteiger partial charge >= 0.3 is 11.9 Å². The van der Waals surface area contributed by atoms with Gasteiger partial charge in [0.25, 0.3) is 0 Å². The van der Waals surface area contributed by atoms with Crippen molar-refractivity contribution in [2.75, 3.05) is 18.0 Å². The molecule has 3 heterocycles. The smallest absolute Gasteiger partial charge is 0.299 e. The number of carbonyl (C=O) groups is 1. The Morgan fingerprint density at radius 1 is 1.04 bits per heavy atom. The molecule has 0 saturated heterocycles. The number of hydrogen-bond acceptors (Lipinski definition) is 3. The van der Waals surface area contributed by atoms with Crippen molar-refractivity contribution < 1.29 is 4.79 Å². The molecule has 0 bridgehead atoms. The molecule has 0 atom stereocenters. The Labute approximate surface area is 163 Å². The molecule has 138 valence electrons. The van der Waals surface area contributed by atoms with Gasteiger partial charge in [0.05, 0.1) is 19.4 Å². The van der Waals surface area contributed by atoms with Crippen LogP contribution in [0.4, 0.5) is 5.82 Å². The fourth-order valence-electron chi connectivity index (χ4n) is 3.81. The first kappa shape index (κ1) is 16.5. The Morgan fingerprint density at radius 3 is 2.46 bits per heavy atom. The molecule has 3 aromatic rings. The van der Waals surface area contributed by atoms with Gasteiger partial charge in [0.15, 0.2) is 0 Å². The van der Waals surface area contributed by atoms with Crippen LogP contribution < -0.4 is 9.57 Å². The fraction of sp³-hybridized carbons (Fsp3) is 0.182. The maximum Gasteiger partial charge on any atom is 0.458 e. The summed E-state index contributed by atoms with van der Waals surface area (Å²) < 4.78 is 6.87. The molecule has 1 amide bonds. The summed E-state index contributed by atoms with van der Waals surface area (Å²) in [7, 11) is 0. The Bertz CT molecular complexity index is 1110. The first-order valence-electron chi connectivity index (χ1n) is 9.44. The third-order valence-electron chi connectivity index (χ3n) is 5.16. The van der Waals surface area contributed by atoms with Crippen molar-refractivity contribution in [2.24, 2.45) is 0 Å². The summed E-state index contributed by atoms with van der Waals surface area (Å²) in [5, 5.41) is 0. The van der Waals surface area contributed by atoms with Crippen LogP contribution in [0.1, 0.15) is 28.5 Å². The number of anilines is 1. The van der Waals surface area contributed by atoms with Crippen LogP contribution in [0.3, 0.4) is 0 Å². The second-order valence-electron chi connectivity index (χ2n) is 6.89. The number of imidazole rings is 1. The lowest BCUT2D eigenvalue weighted by Crippen LogP contribution is -2.52. The third-order valence-corrected chi connectivity index (χ3v) is 5.16. The number of amides is 1. The van der Waals surface area contributed by atoms with E-state index in [1.165, 1.54) is 0 Å². The van der Waals surface area contributed by atoms with E-state index in [0.717, 1.165) is 22.7 Å². The summed E-state index contributed by atoms with van der Waals surface area (Å²) in [4.78, 5) is 21.3. The Kier molecular flexibility index (Phi) is 3.85. The number of fused-ring (bicyclic) bond motifs is 3. The van der Waals surface area contributed by atoms with Crippen LogP contribution in [0.5, 0.6) is 0 Å². The van der Waals surface area contributed by atoms with Crippen molar-refractivity contribution >= 4 is 23.4 Å². The monoisotopic (exact) mass is 370 g/mol. The molecule has 28 heavy (non-hydrogen) atoms. The van der Waals surface area contributed by atoms with Crippen LogP contribution in [-0.4, -0.2) is 45.1 Å². The molecule has 0 radical (unpaired) electrons. The van der Waals surface area contributed by atoms with Gasteiger partial charge in [0.2, 0.25) is 17.2 Å². The van der Waals surface area contributed by atoms with Gasteiger partial charge in [0.1, 0.15) is 6.54 Å². The molecule has 5 rings (SSSR count). The molecule has 0 unspecified atom stereocenters. The van der Waals surface area contributed by atoms with Gasteiger partial charge in [-0.1, -0.05) is 60.7 Å². The molecule has 0 aliphatic carbocycles. The number of carbonyl (C=O) groups excluding carboxylic acids is 1. The molecule has 0 fully saturated rings. The zero-order chi connectivity index (χ0) is 19.1. The number of hydrogen-bond donors (Lipinski definition) is 0. The molecule has 2 aliphatic heterocycles. The van der Waals surface area contributed by atoms with Crippen LogP contribution in [0.15, 0.2) is 67.0 Å². The molecular weight excluding hydrogens is 350 g/mol. The third kappa shape index (κ3) is 2.54. The molecule has 6 heteroatoms. The highest BCUT2D eigenvalue weighted by Gasteiger charge is 2.49.